The van der Waals surface area contributed by atoms with Crippen molar-refractivity contribution in [2.24, 2.45) is 5.73 Å². The van der Waals surface area contributed by atoms with Crippen LogP contribution in [-0.2, 0) is 4.79 Å². The zero-order valence-corrected chi connectivity index (χ0v) is 10.1. The molecule has 1 unspecified atom stereocenters. The molecule has 0 saturated heterocycles. The van der Waals surface area contributed by atoms with Gasteiger partial charge in [-0.1, -0.05) is 32.6 Å². The summed E-state index contributed by atoms with van der Waals surface area (Å²) >= 11 is 0. The van der Waals surface area contributed by atoms with Crippen LogP contribution in [0.25, 0.3) is 0 Å². The van der Waals surface area contributed by atoms with Crippen molar-refractivity contribution >= 4 is 5.91 Å². The van der Waals surface area contributed by atoms with Crippen LogP contribution in [0.5, 0.6) is 0 Å². The lowest BCUT2D eigenvalue weighted by molar-refractivity contribution is -0.124. The molecule has 1 saturated carbocycles. The Bertz CT molecular complexity index is 221. The van der Waals surface area contributed by atoms with E-state index < -0.39 is 12.1 Å². The summed E-state index contributed by atoms with van der Waals surface area (Å²) in [6, 6.07) is -0.511. The Kier molecular flexibility index (Phi) is 5.77. The minimum absolute atomic E-state index is 0.0890. The number of unbranched alkanes of at least 4 members (excludes halogenated alkanes) is 1. The second-order valence-electron chi connectivity index (χ2n) is 4.72. The van der Waals surface area contributed by atoms with Crippen LogP contribution in [0.1, 0.15) is 51.9 Å². The normalized spacial score (nSPS) is 27.4. The quantitative estimate of drug-likeness (QED) is 0.655. The van der Waals surface area contributed by atoms with Crippen molar-refractivity contribution in [3.63, 3.8) is 0 Å². The highest BCUT2D eigenvalue weighted by Gasteiger charge is 2.25. The van der Waals surface area contributed by atoms with Crippen LogP contribution in [0.3, 0.4) is 0 Å². The molecule has 0 spiro atoms. The Labute approximate surface area is 97.6 Å². The van der Waals surface area contributed by atoms with Gasteiger partial charge < -0.3 is 16.2 Å². The van der Waals surface area contributed by atoms with E-state index in [0.717, 1.165) is 44.9 Å². The molecule has 4 heteroatoms. The minimum atomic E-state index is -0.422. The van der Waals surface area contributed by atoms with Gasteiger partial charge in [0.1, 0.15) is 0 Å². The fourth-order valence-electron chi connectivity index (χ4n) is 2.12. The van der Waals surface area contributed by atoms with Crippen LogP contribution in [-0.4, -0.2) is 29.2 Å². The van der Waals surface area contributed by atoms with E-state index in [9.17, 15) is 9.90 Å². The van der Waals surface area contributed by atoms with Gasteiger partial charge in [-0.3, -0.25) is 4.79 Å². The standard InChI is InChI=1S/C12H24N2O2/c1-2-3-6-9(13)12(16)14-10-7-4-5-8-11(10)15/h9-11,15H,2-8,13H2,1H3,(H,14,16)/t9?,10-,11-/m0/s1. The molecule has 0 aromatic heterocycles. The molecule has 4 N–H and O–H groups in total. The van der Waals surface area contributed by atoms with E-state index in [1.165, 1.54) is 0 Å². The summed E-state index contributed by atoms with van der Waals surface area (Å²) in [5.74, 6) is -0.112. The van der Waals surface area contributed by atoms with Crippen molar-refractivity contribution in [3.8, 4) is 0 Å². The molecule has 1 aliphatic carbocycles. The smallest absolute Gasteiger partial charge is 0.237 e. The van der Waals surface area contributed by atoms with Gasteiger partial charge >= 0.3 is 0 Å². The molecule has 4 nitrogen and oxygen atoms in total. The fourth-order valence-corrected chi connectivity index (χ4v) is 2.12. The largest absolute Gasteiger partial charge is 0.391 e. The molecule has 0 bridgehead atoms. The van der Waals surface area contributed by atoms with E-state index in [1.54, 1.807) is 0 Å². The lowest BCUT2D eigenvalue weighted by Gasteiger charge is -2.29. The van der Waals surface area contributed by atoms with E-state index in [2.05, 4.69) is 12.2 Å². The van der Waals surface area contributed by atoms with Crippen molar-refractivity contribution in [2.75, 3.05) is 0 Å². The number of rotatable bonds is 5. The second-order valence-corrected chi connectivity index (χ2v) is 4.72. The van der Waals surface area contributed by atoms with Gasteiger partial charge in [0.2, 0.25) is 5.91 Å². The molecule has 0 radical (unpaired) electrons. The number of aliphatic hydroxyl groups is 1. The van der Waals surface area contributed by atoms with Crippen molar-refractivity contribution in [2.45, 2.75) is 70.1 Å². The summed E-state index contributed by atoms with van der Waals surface area (Å²) in [7, 11) is 0. The first-order valence-corrected chi connectivity index (χ1v) is 6.39. The van der Waals surface area contributed by atoms with Gasteiger partial charge in [-0.15, -0.1) is 0 Å². The maximum Gasteiger partial charge on any atom is 0.237 e. The molecule has 0 aromatic rings. The molecule has 16 heavy (non-hydrogen) atoms. The number of amides is 1. The highest BCUT2D eigenvalue weighted by molar-refractivity contribution is 5.81. The molecule has 1 fully saturated rings. The first kappa shape index (κ1) is 13.5. The summed E-state index contributed by atoms with van der Waals surface area (Å²) < 4.78 is 0. The third-order valence-corrected chi connectivity index (χ3v) is 3.26. The number of nitrogens with one attached hydrogen (secondary N) is 1. The van der Waals surface area contributed by atoms with E-state index in [4.69, 9.17) is 5.73 Å². The van der Waals surface area contributed by atoms with Crippen LogP contribution in [0, 0.1) is 0 Å². The van der Waals surface area contributed by atoms with Crippen LogP contribution < -0.4 is 11.1 Å². The van der Waals surface area contributed by atoms with Crippen LogP contribution in [0.4, 0.5) is 0 Å². The SMILES string of the molecule is CCCCC(N)C(=O)N[C@H]1CCCC[C@@H]1O. The highest BCUT2D eigenvalue weighted by Crippen LogP contribution is 2.18. The molecular weight excluding hydrogens is 204 g/mol. The van der Waals surface area contributed by atoms with Crippen molar-refractivity contribution in [3.05, 3.63) is 0 Å². The third-order valence-electron chi connectivity index (χ3n) is 3.26. The molecule has 0 aliphatic heterocycles. The van der Waals surface area contributed by atoms with Crippen LogP contribution in [0.15, 0.2) is 0 Å². The molecule has 94 valence electrons. The molecule has 0 heterocycles. The maximum absolute atomic E-state index is 11.7. The van der Waals surface area contributed by atoms with E-state index in [-0.39, 0.29) is 11.9 Å². The van der Waals surface area contributed by atoms with Crippen molar-refractivity contribution in [1.29, 1.82) is 0 Å². The number of nitrogens with two attached hydrogens (primary N) is 1. The van der Waals surface area contributed by atoms with Gasteiger partial charge in [0.25, 0.3) is 0 Å². The lowest BCUT2D eigenvalue weighted by Crippen LogP contribution is -2.50. The van der Waals surface area contributed by atoms with Crippen LogP contribution in [0.2, 0.25) is 0 Å². The number of hydrogen-bond acceptors (Lipinski definition) is 3. The third kappa shape index (κ3) is 4.10. The Hall–Kier alpha value is -0.610. The fraction of sp³-hybridized carbons (Fsp3) is 0.917. The van der Waals surface area contributed by atoms with Gasteiger partial charge in [0.15, 0.2) is 0 Å². The maximum atomic E-state index is 11.7. The Balaban J connectivity index is 2.31. The first-order chi connectivity index (χ1) is 7.65. The summed E-state index contributed by atoms with van der Waals surface area (Å²) in [5, 5.41) is 12.6. The Morgan fingerprint density at radius 1 is 1.50 bits per heavy atom. The van der Waals surface area contributed by atoms with Crippen molar-refractivity contribution < 1.29 is 9.90 Å². The lowest BCUT2D eigenvalue weighted by atomic mass is 9.92. The predicted molar refractivity (Wildman–Crippen MR) is 63.9 cm³/mol. The van der Waals surface area contributed by atoms with Gasteiger partial charge in [0, 0.05) is 0 Å². The zero-order valence-electron chi connectivity index (χ0n) is 10.1. The summed E-state index contributed by atoms with van der Waals surface area (Å²) in [6.45, 7) is 2.08. The topological polar surface area (TPSA) is 75.4 Å². The summed E-state index contributed by atoms with van der Waals surface area (Å²) in [5.41, 5.74) is 5.77. The van der Waals surface area contributed by atoms with E-state index in [1.807, 2.05) is 0 Å². The minimum Gasteiger partial charge on any atom is -0.391 e. The molecule has 0 aromatic carbocycles. The predicted octanol–water partition coefficient (Wildman–Crippen LogP) is 0.924. The zero-order chi connectivity index (χ0) is 12.0. The monoisotopic (exact) mass is 228 g/mol. The first-order valence-electron chi connectivity index (χ1n) is 6.39. The van der Waals surface area contributed by atoms with Gasteiger partial charge in [-0.2, -0.15) is 0 Å². The van der Waals surface area contributed by atoms with E-state index in [0.29, 0.717) is 0 Å². The van der Waals surface area contributed by atoms with Gasteiger partial charge in [-0.25, -0.2) is 0 Å². The molecule has 1 rings (SSSR count). The number of carbonyl (C=O) groups is 1. The average Bonchev–Trinajstić information content (AvgIpc) is 2.28. The van der Waals surface area contributed by atoms with Crippen molar-refractivity contribution in [1.82, 2.24) is 5.32 Å². The Morgan fingerprint density at radius 3 is 2.81 bits per heavy atom. The molecule has 1 amide bonds. The second kappa shape index (κ2) is 6.86. The summed E-state index contributed by atoms with van der Waals surface area (Å²) in [6.07, 6.45) is 6.14. The Morgan fingerprint density at radius 2 is 2.19 bits per heavy atom. The molecular formula is C12H24N2O2. The highest BCUT2D eigenvalue weighted by atomic mass is 16.3. The molecule has 3 atom stereocenters. The molecule has 1 aliphatic rings. The average molecular weight is 228 g/mol. The van der Waals surface area contributed by atoms with Gasteiger partial charge in [0.05, 0.1) is 18.2 Å². The van der Waals surface area contributed by atoms with Crippen LogP contribution >= 0.6 is 0 Å². The summed E-state index contributed by atoms with van der Waals surface area (Å²) in [4.78, 5) is 11.7. The van der Waals surface area contributed by atoms with Gasteiger partial charge in [-0.05, 0) is 19.3 Å². The van der Waals surface area contributed by atoms with E-state index >= 15 is 0 Å². The number of aliphatic hydroxyl groups excluding tert-OH is 1. The number of carbonyl (C=O) groups excluding carboxylic acids is 1. The number of hydrogen-bond donors (Lipinski definition) is 3.